The van der Waals surface area contributed by atoms with Gasteiger partial charge in [0, 0.05) is 36.3 Å². The molecular weight excluding hydrogens is 328 g/mol. The van der Waals surface area contributed by atoms with Gasteiger partial charge in [0.05, 0.1) is 12.9 Å². The van der Waals surface area contributed by atoms with E-state index in [2.05, 4.69) is 25.8 Å². The SMILES string of the molecule is CN1C(=O)[C@]2(Cc3cncn3C2)N(C(=O)c2ccccc2)[C@@H]1C(C)(C)C. The summed E-state index contributed by atoms with van der Waals surface area (Å²) in [5.41, 5.74) is 0.456. The molecule has 6 heteroatoms. The lowest BCUT2D eigenvalue weighted by Crippen LogP contribution is -2.57. The zero-order valence-electron chi connectivity index (χ0n) is 15.6. The monoisotopic (exact) mass is 352 g/mol. The number of benzene rings is 1. The number of aromatic nitrogens is 2. The minimum absolute atomic E-state index is 0.00501. The lowest BCUT2D eigenvalue weighted by molar-refractivity contribution is -0.133. The Bertz CT molecular complexity index is 845. The molecule has 0 N–H and O–H groups in total. The standard InChI is InChI=1S/C20H24N4O2/c1-19(2,3)17-22(4)18(26)20(10-15-11-21-13-23(15)12-20)24(17)16(25)14-8-6-5-7-9-14/h5-9,11,13,17H,10,12H2,1-4H3/t17-,20-/m1/s1. The van der Waals surface area contributed by atoms with E-state index < -0.39 is 5.54 Å². The van der Waals surface area contributed by atoms with Crippen LogP contribution in [0.2, 0.25) is 0 Å². The van der Waals surface area contributed by atoms with Crippen molar-refractivity contribution in [1.82, 2.24) is 19.4 Å². The van der Waals surface area contributed by atoms with Crippen LogP contribution in [-0.4, -0.2) is 49.9 Å². The minimum atomic E-state index is -0.877. The van der Waals surface area contributed by atoms with E-state index in [1.54, 1.807) is 17.4 Å². The molecule has 2 aliphatic rings. The zero-order valence-corrected chi connectivity index (χ0v) is 15.6. The summed E-state index contributed by atoms with van der Waals surface area (Å²) in [4.78, 5) is 34.7. The van der Waals surface area contributed by atoms with Gasteiger partial charge in [-0.2, -0.15) is 0 Å². The first kappa shape index (κ1) is 16.8. The summed E-state index contributed by atoms with van der Waals surface area (Å²) in [6.07, 6.45) is 3.73. The number of likely N-dealkylation sites (N-methyl/N-ethyl adjacent to an activating group) is 1. The number of carbonyl (C=O) groups excluding carboxylic acids is 2. The molecule has 26 heavy (non-hydrogen) atoms. The third kappa shape index (κ3) is 2.21. The molecule has 2 aromatic rings. The third-order valence-corrected chi connectivity index (χ3v) is 5.51. The third-order valence-electron chi connectivity index (χ3n) is 5.51. The normalized spacial score (nSPS) is 25.2. The fraction of sp³-hybridized carbons (Fsp3) is 0.450. The van der Waals surface area contributed by atoms with Crippen LogP contribution in [0.5, 0.6) is 0 Å². The van der Waals surface area contributed by atoms with Gasteiger partial charge in [-0.3, -0.25) is 9.59 Å². The number of rotatable bonds is 1. The Morgan fingerprint density at radius 2 is 1.92 bits per heavy atom. The molecule has 1 spiro atoms. The smallest absolute Gasteiger partial charge is 0.256 e. The fourth-order valence-corrected chi connectivity index (χ4v) is 4.52. The molecule has 3 heterocycles. The Morgan fingerprint density at radius 1 is 1.23 bits per heavy atom. The van der Waals surface area contributed by atoms with Gasteiger partial charge in [-0.05, 0) is 12.1 Å². The van der Waals surface area contributed by atoms with Crippen molar-refractivity contribution < 1.29 is 9.59 Å². The lowest BCUT2D eigenvalue weighted by atomic mass is 9.88. The summed E-state index contributed by atoms with van der Waals surface area (Å²) in [7, 11) is 1.81. The van der Waals surface area contributed by atoms with Gasteiger partial charge in [-0.1, -0.05) is 39.0 Å². The summed E-state index contributed by atoms with van der Waals surface area (Å²) in [5.74, 6) is -0.0904. The molecule has 2 aliphatic heterocycles. The first-order chi connectivity index (χ1) is 12.3. The van der Waals surface area contributed by atoms with E-state index in [0.717, 1.165) is 5.69 Å². The van der Waals surface area contributed by atoms with Crippen molar-refractivity contribution in [2.45, 2.75) is 45.4 Å². The van der Waals surface area contributed by atoms with Crippen LogP contribution in [-0.2, 0) is 17.8 Å². The Morgan fingerprint density at radius 3 is 2.54 bits per heavy atom. The van der Waals surface area contributed by atoms with E-state index in [1.807, 2.05) is 46.8 Å². The van der Waals surface area contributed by atoms with Gasteiger partial charge >= 0.3 is 0 Å². The van der Waals surface area contributed by atoms with Gasteiger partial charge in [-0.15, -0.1) is 0 Å². The second-order valence-corrected chi connectivity index (χ2v) is 8.42. The average molecular weight is 352 g/mol. The van der Waals surface area contributed by atoms with Gasteiger partial charge in [-0.25, -0.2) is 4.98 Å². The molecule has 0 radical (unpaired) electrons. The van der Waals surface area contributed by atoms with Crippen molar-refractivity contribution in [2.24, 2.45) is 5.41 Å². The van der Waals surface area contributed by atoms with Crippen LogP contribution >= 0.6 is 0 Å². The molecule has 136 valence electrons. The van der Waals surface area contributed by atoms with E-state index in [1.165, 1.54) is 0 Å². The van der Waals surface area contributed by atoms with Crippen molar-refractivity contribution in [2.75, 3.05) is 7.05 Å². The van der Waals surface area contributed by atoms with Gasteiger partial charge in [0.2, 0.25) is 0 Å². The summed E-state index contributed by atoms with van der Waals surface area (Å²) >= 11 is 0. The molecule has 6 nitrogen and oxygen atoms in total. The lowest BCUT2D eigenvalue weighted by Gasteiger charge is -2.41. The molecule has 2 amide bonds. The molecule has 0 bridgehead atoms. The van der Waals surface area contributed by atoms with Crippen LogP contribution in [0.4, 0.5) is 0 Å². The highest BCUT2D eigenvalue weighted by atomic mass is 16.2. The molecule has 1 fully saturated rings. The second-order valence-electron chi connectivity index (χ2n) is 8.42. The number of fused-ring (bicyclic) bond motifs is 1. The Balaban J connectivity index is 1.85. The van der Waals surface area contributed by atoms with Crippen molar-refractivity contribution in [3.63, 3.8) is 0 Å². The molecule has 1 saturated heterocycles. The summed E-state index contributed by atoms with van der Waals surface area (Å²) in [5, 5.41) is 0. The predicted octanol–water partition coefficient (Wildman–Crippen LogP) is 2.16. The Hall–Kier alpha value is -2.63. The predicted molar refractivity (Wildman–Crippen MR) is 97.3 cm³/mol. The number of imidazole rings is 1. The van der Waals surface area contributed by atoms with Gasteiger partial charge in [0.25, 0.3) is 11.8 Å². The van der Waals surface area contributed by atoms with E-state index in [-0.39, 0.29) is 23.4 Å². The quantitative estimate of drug-likeness (QED) is 0.790. The maximum absolute atomic E-state index is 13.6. The second kappa shape index (κ2) is 5.43. The maximum atomic E-state index is 13.6. The summed E-state index contributed by atoms with van der Waals surface area (Å²) in [6.45, 7) is 6.67. The number of nitrogens with zero attached hydrogens (tertiary/aromatic N) is 4. The van der Waals surface area contributed by atoms with E-state index in [0.29, 0.717) is 18.5 Å². The zero-order chi connectivity index (χ0) is 18.7. The van der Waals surface area contributed by atoms with Crippen LogP contribution in [0.25, 0.3) is 0 Å². The largest absolute Gasteiger partial charge is 0.332 e. The van der Waals surface area contributed by atoms with E-state index in [9.17, 15) is 9.59 Å². The number of hydrogen-bond acceptors (Lipinski definition) is 3. The van der Waals surface area contributed by atoms with Gasteiger partial charge in [0.1, 0.15) is 11.7 Å². The van der Waals surface area contributed by atoms with Gasteiger partial charge < -0.3 is 14.4 Å². The minimum Gasteiger partial charge on any atom is -0.332 e. The molecule has 4 rings (SSSR count). The van der Waals surface area contributed by atoms with Crippen molar-refractivity contribution in [1.29, 1.82) is 0 Å². The maximum Gasteiger partial charge on any atom is 0.256 e. The Kier molecular flexibility index (Phi) is 3.51. The van der Waals surface area contributed by atoms with E-state index in [4.69, 9.17) is 0 Å². The fourth-order valence-electron chi connectivity index (χ4n) is 4.52. The van der Waals surface area contributed by atoms with E-state index >= 15 is 0 Å². The van der Waals surface area contributed by atoms with Gasteiger partial charge in [0.15, 0.2) is 0 Å². The first-order valence-electron chi connectivity index (χ1n) is 8.91. The molecule has 1 aromatic heterocycles. The van der Waals surface area contributed by atoms with Crippen LogP contribution in [0.15, 0.2) is 42.9 Å². The molecule has 0 saturated carbocycles. The van der Waals surface area contributed by atoms with Crippen molar-refractivity contribution in [3.8, 4) is 0 Å². The molecule has 2 atom stereocenters. The van der Waals surface area contributed by atoms with Crippen molar-refractivity contribution in [3.05, 3.63) is 54.1 Å². The van der Waals surface area contributed by atoms with Crippen LogP contribution in [0.3, 0.4) is 0 Å². The summed E-state index contributed by atoms with van der Waals surface area (Å²) < 4.78 is 1.99. The molecule has 0 aliphatic carbocycles. The number of carbonyl (C=O) groups is 2. The molecule has 0 unspecified atom stereocenters. The number of hydrogen-bond donors (Lipinski definition) is 0. The van der Waals surface area contributed by atoms with Crippen LogP contribution in [0, 0.1) is 5.41 Å². The topological polar surface area (TPSA) is 58.4 Å². The van der Waals surface area contributed by atoms with Crippen LogP contribution in [0.1, 0.15) is 36.8 Å². The highest BCUT2D eigenvalue weighted by Gasteiger charge is 2.63. The average Bonchev–Trinajstić information content (AvgIpc) is 3.22. The highest BCUT2D eigenvalue weighted by Crippen LogP contribution is 2.44. The molecule has 1 aromatic carbocycles. The molecular formula is C20H24N4O2. The van der Waals surface area contributed by atoms with Crippen LogP contribution < -0.4 is 0 Å². The Labute approximate surface area is 153 Å². The number of amides is 2. The summed E-state index contributed by atoms with van der Waals surface area (Å²) in [6, 6.07) is 9.23. The first-order valence-corrected chi connectivity index (χ1v) is 8.91. The highest BCUT2D eigenvalue weighted by molar-refractivity contribution is 6.02. The van der Waals surface area contributed by atoms with Crippen molar-refractivity contribution >= 4 is 11.8 Å².